The van der Waals surface area contributed by atoms with Gasteiger partial charge in [-0.3, -0.25) is 4.79 Å². The molecule has 1 amide bonds. The van der Waals surface area contributed by atoms with Crippen molar-refractivity contribution in [3.63, 3.8) is 0 Å². The third-order valence-corrected chi connectivity index (χ3v) is 5.44. The second kappa shape index (κ2) is 6.70. The van der Waals surface area contributed by atoms with Gasteiger partial charge in [0.05, 0.1) is 24.4 Å². The fourth-order valence-corrected chi connectivity index (χ4v) is 4.08. The molecule has 0 saturated carbocycles. The summed E-state index contributed by atoms with van der Waals surface area (Å²) in [6, 6.07) is 9.40. The number of amides is 1. The first-order chi connectivity index (χ1) is 12.6. The number of hydrazone groups is 1. The number of fused-ring (bicyclic) bond motifs is 1. The summed E-state index contributed by atoms with van der Waals surface area (Å²) in [5, 5.41) is 11.4. The summed E-state index contributed by atoms with van der Waals surface area (Å²) in [5.41, 5.74) is 3.48. The lowest BCUT2D eigenvalue weighted by molar-refractivity contribution is -0.130. The molecular weight excluding hydrogens is 370 g/mol. The summed E-state index contributed by atoms with van der Waals surface area (Å²) in [6.07, 6.45) is 0.610. The third kappa shape index (κ3) is 2.95. The van der Waals surface area contributed by atoms with Crippen LogP contribution in [-0.4, -0.2) is 28.7 Å². The Kier molecular flexibility index (Phi) is 4.38. The standard InChI is InChI=1S/C19H16ClN3O2S/c1-11(24)23-18(9-17(22-23)13-5-6-26-10-13)15-7-12-3-4-14(25-2)8-16(12)21-19(15)20/h3-8,10,18H,9H2,1-2H3/t18-/m1/s1. The molecule has 5 nitrogen and oxygen atoms in total. The molecule has 2 aromatic heterocycles. The largest absolute Gasteiger partial charge is 0.497 e. The van der Waals surface area contributed by atoms with Gasteiger partial charge in [0.1, 0.15) is 10.9 Å². The van der Waals surface area contributed by atoms with E-state index in [1.54, 1.807) is 18.4 Å². The first kappa shape index (κ1) is 17.0. The third-order valence-electron chi connectivity index (χ3n) is 4.45. The van der Waals surface area contributed by atoms with Crippen LogP contribution in [0, 0.1) is 0 Å². The molecule has 1 aliphatic heterocycles. The van der Waals surface area contributed by atoms with Gasteiger partial charge in [-0.2, -0.15) is 16.4 Å². The Balaban J connectivity index is 1.76. The molecule has 3 heterocycles. The van der Waals surface area contributed by atoms with E-state index < -0.39 is 0 Å². The molecule has 1 aliphatic rings. The van der Waals surface area contributed by atoms with Crippen LogP contribution in [0.2, 0.25) is 5.15 Å². The molecule has 1 aromatic carbocycles. The second-order valence-corrected chi connectivity index (χ2v) is 7.21. The molecule has 0 radical (unpaired) electrons. The minimum atomic E-state index is -0.256. The first-order valence-electron chi connectivity index (χ1n) is 8.11. The molecule has 0 N–H and O–H groups in total. The Morgan fingerprint density at radius 2 is 2.19 bits per heavy atom. The van der Waals surface area contributed by atoms with Gasteiger partial charge in [0.2, 0.25) is 5.91 Å². The number of benzene rings is 1. The van der Waals surface area contributed by atoms with Crippen molar-refractivity contribution in [3.05, 3.63) is 57.4 Å². The number of aromatic nitrogens is 1. The smallest absolute Gasteiger partial charge is 0.240 e. The van der Waals surface area contributed by atoms with Crippen molar-refractivity contribution in [3.8, 4) is 5.75 Å². The zero-order valence-corrected chi connectivity index (χ0v) is 15.8. The lowest BCUT2D eigenvalue weighted by Gasteiger charge is -2.21. The molecule has 3 aromatic rings. The average molecular weight is 386 g/mol. The maximum atomic E-state index is 12.1. The number of carbonyl (C=O) groups excluding carboxylic acids is 1. The molecule has 0 spiro atoms. The molecule has 26 heavy (non-hydrogen) atoms. The van der Waals surface area contributed by atoms with E-state index in [0.29, 0.717) is 11.6 Å². The fourth-order valence-electron chi connectivity index (χ4n) is 3.15. The van der Waals surface area contributed by atoms with E-state index in [-0.39, 0.29) is 11.9 Å². The number of pyridine rings is 1. The maximum absolute atomic E-state index is 12.1. The van der Waals surface area contributed by atoms with Gasteiger partial charge in [0.25, 0.3) is 0 Å². The van der Waals surface area contributed by atoms with E-state index in [0.717, 1.165) is 33.5 Å². The molecule has 132 valence electrons. The Morgan fingerprint density at radius 1 is 1.35 bits per heavy atom. The monoisotopic (exact) mass is 385 g/mol. The van der Waals surface area contributed by atoms with Crippen molar-refractivity contribution in [1.82, 2.24) is 9.99 Å². The second-order valence-electron chi connectivity index (χ2n) is 6.07. The van der Waals surface area contributed by atoms with Crippen molar-refractivity contribution < 1.29 is 9.53 Å². The molecule has 1 atom stereocenters. The Morgan fingerprint density at radius 3 is 2.88 bits per heavy atom. The summed E-state index contributed by atoms with van der Waals surface area (Å²) >= 11 is 8.09. The number of rotatable bonds is 3. The number of methoxy groups -OCH3 is 1. The summed E-state index contributed by atoms with van der Waals surface area (Å²) in [6.45, 7) is 1.51. The predicted molar refractivity (Wildman–Crippen MR) is 104 cm³/mol. The first-order valence-corrected chi connectivity index (χ1v) is 9.43. The van der Waals surface area contributed by atoms with Crippen LogP contribution >= 0.6 is 22.9 Å². The van der Waals surface area contributed by atoms with Gasteiger partial charge in [-0.25, -0.2) is 9.99 Å². The highest BCUT2D eigenvalue weighted by Crippen LogP contribution is 2.37. The van der Waals surface area contributed by atoms with E-state index in [1.165, 1.54) is 11.9 Å². The van der Waals surface area contributed by atoms with E-state index in [4.69, 9.17) is 16.3 Å². The van der Waals surface area contributed by atoms with E-state index in [2.05, 4.69) is 10.1 Å². The van der Waals surface area contributed by atoms with Crippen molar-refractivity contribution >= 4 is 45.5 Å². The van der Waals surface area contributed by atoms with Crippen LogP contribution < -0.4 is 4.74 Å². The molecule has 0 bridgehead atoms. The summed E-state index contributed by atoms with van der Waals surface area (Å²) in [4.78, 5) is 16.7. The molecule has 0 aliphatic carbocycles. The zero-order chi connectivity index (χ0) is 18.3. The fraction of sp³-hybridized carbons (Fsp3) is 0.211. The van der Waals surface area contributed by atoms with Crippen LogP contribution in [0.3, 0.4) is 0 Å². The highest BCUT2D eigenvalue weighted by atomic mass is 35.5. The Bertz CT molecular complexity index is 1020. The normalized spacial score (nSPS) is 16.8. The predicted octanol–water partition coefficient (Wildman–Crippen LogP) is 4.66. The summed E-state index contributed by atoms with van der Waals surface area (Å²) in [5.74, 6) is 0.606. The van der Waals surface area contributed by atoms with Crippen LogP contribution in [-0.2, 0) is 4.79 Å². The van der Waals surface area contributed by atoms with Gasteiger partial charge in [-0.1, -0.05) is 11.6 Å². The van der Waals surface area contributed by atoms with Gasteiger partial charge < -0.3 is 4.74 Å². The number of hydrogen-bond acceptors (Lipinski definition) is 5. The van der Waals surface area contributed by atoms with Gasteiger partial charge in [-0.15, -0.1) is 0 Å². The molecular formula is C19H16ClN3O2S. The lowest BCUT2D eigenvalue weighted by Crippen LogP contribution is -2.24. The zero-order valence-electron chi connectivity index (χ0n) is 14.3. The van der Waals surface area contributed by atoms with Crippen molar-refractivity contribution in [2.75, 3.05) is 7.11 Å². The maximum Gasteiger partial charge on any atom is 0.240 e. The molecule has 0 unspecified atom stereocenters. The van der Waals surface area contributed by atoms with Crippen LogP contribution in [0.4, 0.5) is 0 Å². The van der Waals surface area contributed by atoms with E-state index in [1.807, 2.05) is 41.1 Å². The van der Waals surface area contributed by atoms with E-state index in [9.17, 15) is 4.79 Å². The molecule has 0 saturated heterocycles. The number of thiophene rings is 1. The van der Waals surface area contributed by atoms with Crippen LogP contribution in [0.1, 0.15) is 30.5 Å². The van der Waals surface area contributed by atoms with Crippen molar-refractivity contribution in [2.24, 2.45) is 5.10 Å². The number of nitrogens with zero attached hydrogens (tertiary/aromatic N) is 3. The number of carbonyl (C=O) groups is 1. The quantitative estimate of drug-likeness (QED) is 0.616. The topological polar surface area (TPSA) is 54.8 Å². The molecule has 7 heteroatoms. The minimum Gasteiger partial charge on any atom is -0.497 e. The number of ether oxygens (including phenoxy) is 1. The highest BCUT2D eigenvalue weighted by molar-refractivity contribution is 7.08. The number of halogens is 1. The van der Waals surface area contributed by atoms with Gasteiger partial charge in [0, 0.05) is 35.9 Å². The van der Waals surface area contributed by atoms with Gasteiger partial charge in [0.15, 0.2) is 0 Å². The van der Waals surface area contributed by atoms with Gasteiger partial charge >= 0.3 is 0 Å². The van der Waals surface area contributed by atoms with Crippen molar-refractivity contribution in [1.29, 1.82) is 0 Å². The number of hydrogen-bond donors (Lipinski definition) is 0. The lowest BCUT2D eigenvalue weighted by atomic mass is 9.99. The Labute approximate surface area is 159 Å². The highest BCUT2D eigenvalue weighted by Gasteiger charge is 2.33. The summed E-state index contributed by atoms with van der Waals surface area (Å²) in [7, 11) is 1.61. The minimum absolute atomic E-state index is 0.119. The van der Waals surface area contributed by atoms with Crippen LogP contribution in [0.5, 0.6) is 5.75 Å². The SMILES string of the molecule is COc1ccc2cc([C@H]3CC(c4ccsc4)=NN3C(C)=O)c(Cl)nc2c1. The molecule has 0 fully saturated rings. The average Bonchev–Trinajstić information content (AvgIpc) is 3.30. The summed E-state index contributed by atoms with van der Waals surface area (Å²) < 4.78 is 5.24. The van der Waals surface area contributed by atoms with Crippen molar-refractivity contribution in [2.45, 2.75) is 19.4 Å². The molecule has 4 rings (SSSR count). The Hall–Kier alpha value is -2.44. The van der Waals surface area contributed by atoms with E-state index >= 15 is 0 Å². The van der Waals surface area contributed by atoms with Gasteiger partial charge in [-0.05, 0) is 35.0 Å². The van der Waals surface area contributed by atoms with Crippen LogP contribution in [0.15, 0.2) is 46.2 Å². The van der Waals surface area contributed by atoms with Crippen LogP contribution in [0.25, 0.3) is 10.9 Å².